The summed E-state index contributed by atoms with van der Waals surface area (Å²) in [6.45, 7) is -2.96. The van der Waals surface area contributed by atoms with Crippen molar-refractivity contribution in [2.75, 3.05) is 4.72 Å². The van der Waals surface area contributed by atoms with E-state index in [4.69, 9.17) is 5.14 Å². The number of sulfonamides is 2. The van der Waals surface area contributed by atoms with Crippen LogP contribution in [0.15, 0.2) is 58.8 Å². The summed E-state index contributed by atoms with van der Waals surface area (Å²) in [7, 11) is -8.16. The molecule has 0 saturated carbocycles. The Balaban J connectivity index is 2.18. The van der Waals surface area contributed by atoms with Crippen molar-refractivity contribution in [3.63, 3.8) is 0 Å². The smallest absolute Gasteiger partial charge is 0.387 e. The lowest BCUT2D eigenvalue weighted by Gasteiger charge is -2.09. The van der Waals surface area contributed by atoms with Gasteiger partial charge in [-0.2, -0.15) is 8.78 Å². The zero-order valence-corrected chi connectivity index (χ0v) is 14.7. The Labute approximate surface area is 149 Å². The number of primary sulfonamides is 1. The molecular formula is C15H14F2N2O5S2. The summed E-state index contributed by atoms with van der Waals surface area (Å²) >= 11 is 0. The van der Waals surface area contributed by atoms with Crippen LogP contribution < -0.4 is 14.6 Å². The molecule has 0 amide bonds. The van der Waals surface area contributed by atoms with E-state index in [1.807, 2.05) is 0 Å². The fourth-order valence-electron chi connectivity index (χ4n) is 1.91. The molecule has 0 aromatic heterocycles. The zero-order valence-electron chi connectivity index (χ0n) is 13.0. The molecule has 26 heavy (non-hydrogen) atoms. The molecule has 0 heterocycles. The van der Waals surface area contributed by atoms with Crippen molar-refractivity contribution in [1.29, 1.82) is 0 Å². The molecule has 2 aromatic carbocycles. The van der Waals surface area contributed by atoms with Gasteiger partial charge in [0.1, 0.15) is 10.6 Å². The molecule has 2 aromatic rings. The highest BCUT2D eigenvalue weighted by molar-refractivity contribution is 7.95. The average Bonchev–Trinajstić information content (AvgIpc) is 2.53. The Morgan fingerprint density at radius 2 is 1.62 bits per heavy atom. The maximum absolute atomic E-state index is 12.1. The lowest BCUT2D eigenvalue weighted by atomic mass is 10.2. The number of nitrogens with one attached hydrogen (secondary N) is 1. The highest BCUT2D eigenvalue weighted by Crippen LogP contribution is 2.21. The summed E-state index contributed by atoms with van der Waals surface area (Å²) in [5.41, 5.74) is 0.206. The first-order chi connectivity index (χ1) is 12.1. The van der Waals surface area contributed by atoms with Gasteiger partial charge in [-0.15, -0.1) is 0 Å². The van der Waals surface area contributed by atoms with Gasteiger partial charge in [-0.1, -0.05) is 24.3 Å². The summed E-state index contributed by atoms with van der Waals surface area (Å²) in [4.78, 5) is -0.370. The summed E-state index contributed by atoms with van der Waals surface area (Å²) in [5.74, 6) is -0.0692. The van der Waals surface area contributed by atoms with Crippen LogP contribution in [0, 0.1) is 0 Å². The van der Waals surface area contributed by atoms with Crippen molar-refractivity contribution in [2.45, 2.75) is 11.5 Å². The number of alkyl halides is 2. The van der Waals surface area contributed by atoms with Crippen molar-refractivity contribution >= 4 is 31.8 Å². The molecule has 0 saturated heterocycles. The average molecular weight is 404 g/mol. The molecule has 0 unspecified atom stereocenters. The van der Waals surface area contributed by atoms with Gasteiger partial charge < -0.3 is 4.74 Å². The maximum atomic E-state index is 12.1. The van der Waals surface area contributed by atoms with Crippen LogP contribution in [0.1, 0.15) is 5.56 Å². The van der Waals surface area contributed by atoms with E-state index < -0.39 is 26.7 Å². The van der Waals surface area contributed by atoms with Gasteiger partial charge in [0.2, 0.25) is 10.0 Å². The molecule has 2 rings (SSSR count). The number of hydrogen-bond acceptors (Lipinski definition) is 5. The quantitative estimate of drug-likeness (QED) is 0.735. The minimum Gasteiger partial charge on any atom is -0.435 e. The van der Waals surface area contributed by atoms with Crippen LogP contribution in [0.2, 0.25) is 0 Å². The molecule has 0 fully saturated rings. The molecule has 0 radical (unpaired) electrons. The van der Waals surface area contributed by atoms with Gasteiger partial charge in [-0.3, -0.25) is 4.72 Å². The number of nitrogens with two attached hydrogens (primary N) is 1. The molecule has 0 spiro atoms. The number of para-hydroxylation sites is 1. The fraction of sp³-hybridized carbons (Fsp3) is 0.0667. The summed E-state index contributed by atoms with van der Waals surface area (Å²) < 4.78 is 77.6. The predicted octanol–water partition coefficient (Wildman–Crippen LogP) is 2.35. The van der Waals surface area contributed by atoms with Gasteiger partial charge in [0.15, 0.2) is 0 Å². The van der Waals surface area contributed by atoms with Crippen molar-refractivity contribution in [3.8, 4) is 5.75 Å². The minimum absolute atomic E-state index is 0.0692. The Morgan fingerprint density at radius 3 is 2.19 bits per heavy atom. The standard InChI is InChI=1S/C15H14F2N2O5S2/c16-15(17)24-12-7-5-11(6-8-12)9-10-25(20,21)19-13-3-1-2-4-14(13)26(18,22)23/h1-10,15,19H,(H2,18,22,23)/b10-9+. The molecule has 0 atom stereocenters. The van der Waals surface area contributed by atoms with E-state index in [2.05, 4.69) is 9.46 Å². The largest absolute Gasteiger partial charge is 0.435 e. The van der Waals surface area contributed by atoms with Crippen LogP contribution in [-0.2, 0) is 20.0 Å². The van der Waals surface area contributed by atoms with E-state index in [1.165, 1.54) is 54.6 Å². The second kappa shape index (κ2) is 7.81. The monoisotopic (exact) mass is 404 g/mol. The second-order valence-corrected chi connectivity index (χ2v) is 8.03. The number of anilines is 1. The molecule has 0 aliphatic carbocycles. The van der Waals surface area contributed by atoms with Crippen molar-refractivity contribution in [2.24, 2.45) is 5.14 Å². The number of benzene rings is 2. The first-order valence-corrected chi connectivity index (χ1v) is 10.0. The van der Waals surface area contributed by atoms with E-state index >= 15 is 0 Å². The SMILES string of the molecule is NS(=O)(=O)c1ccccc1NS(=O)(=O)/C=C/c1ccc(OC(F)F)cc1. The van der Waals surface area contributed by atoms with Gasteiger partial charge in [-0.05, 0) is 35.9 Å². The molecule has 140 valence electrons. The Kier molecular flexibility index (Phi) is 5.95. The highest BCUT2D eigenvalue weighted by Gasteiger charge is 2.16. The number of hydrogen-bond donors (Lipinski definition) is 2. The van der Waals surface area contributed by atoms with Crippen molar-refractivity contribution in [1.82, 2.24) is 0 Å². The van der Waals surface area contributed by atoms with Gasteiger partial charge in [0.05, 0.1) is 11.1 Å². The van der Waals surface area contributed by atoms with Gasteiger partial charge >= 0.3 is 6.61 Å². The van der Waals surface area contributed by atoms with Gasteiger partial charge in [0, 0.05) is 0 Å². The molecule has 0 aliphatic heterocycles. The number of halogens is 2. The maximum Gasteiger partial charge on any atom is 0.387 e. The summed E-state index contributed by atoms with van der Waals surface area (Å²) in [6.07, 6.45) is 1.20. The second-order valence-electron chi connectivity index (χ2n) is 4.94. The third kappa shape index (κ3) is 5.79. The van der Waals surface area contributed by atoms with Crippen molar-refractivity contribution < 1.29 is 30.4 Å². The Bertz CT molecular complexity index is 1000. The third-order valence-electron chi connectivity index (χ3n) is 2.99. The van der Waals surface area contributed by atoms with Crippen LogP contribution >= 0.6 is 0 Å². The summed E-state index contributed by atoms with van der Waals surface area (Å²) in [6, 6.07) is 10.5. The van der Waals surface area contributed by atoms with E-state index in [0.717, 1.165) is 5.41 Å². The molecule has 0 bridgehead atoms. The molecule has 7 nitrogen and oxygen atoms in total. The topological polar surface area (TPSA) is 116 Å². The van der Waals surface area contributed by atoms with Crippen LogP contribution in [0.5, 0.6) is 5.75 Å². The van der Waals surface area contributed by atoms with E-state index in [1.54, 1.807) is 0 Å². The lowest BCUT2D eigenvalue weighted by Crippen LogP contribution is -2.17. The number of ether oxygens (including phenoxy) is 1. The van der Waals surface area contributed by atoms with E-state index in [0.29, 0.717) is 5.56 Å². The Hall–Kier alpha value is -2.50. The first-order valence-electron chi connectivity index (χ1n) is 6.94. The van der Waals surface area contributed by atoms with E-state index in [9.17, 15) is 25.6 Å². The first kappa shape index (κ1) is 19.8. The Morgan fingerprint density at radius 1 is 1.00 bits per heavy atom. The predicted molar refractivity (Wildman–Crippen MR) is 92.5 cm³/mol. The number of rotatable bonds is 7. The van der Waals surface area contributed by atoms with Gasteiger partial charge in [-0.25, -0.2) is 22.0 Å². The molecule has 3 N–H and O–H groups in total. The van der Waals surface area contributed by atoms with Crippen molar-refractivity contribution in [3.05, 3.63) is 59.5 Å². The summed E-state index contributed by atoms with van der Waals surface area (Å²) in [5, 5.41) is 5.85. The fourth-order valence-corrected chi connectivity index (χ4v) is 3.56. The zero-order chi connectivity index (χ0) is 19.4. The van der Waals surface area contributed by atoms with E-state index in [-0.39, 0.29) is 16.3 Å². The van der Waals surface area contributed by atoms with Crippen LogP contribution in [-0.4, -0.2) is 23.4 Å². The molecule has 0 aliphatic rings. The molecule has 11 heteroatoms. The molecular weight excluding hydrogens is 390 g/mol. The van der Waals surface area contributed by atoms with Gasteiger partial charge in [0.25, 0.3) is 10.0 Å². The van der Waals surface area contributed by atoms with Crippen LogP contribution in [0.25, 0.3) is 6.08 Å². The van der Waals surface area contributed by atoms with Crippen LogP contribution in [0.3, 0.4) is 0 Å². The van der Waals surface area contributed by atoms with Crippen LogP contribution in [0.4, 0.5) is 14.5 Å². The normalized spacial score (nSPS) is 12.5. The lowest BCUT2D eigenvalue weighted by molar-refractivity contribution is -0.0498. The minimum atomic E-state index is -4.11. The third-order valence-corrected chi connectivity index (χ3v) is 4.96. The highest BCUT2D eigenvalue weighted by atomic mass is 32.2.